The molecule has 1 rings (SSSR count). The van der Waals surface area contributed by atoms with Gasteiger partial charge in [-0.15, -0.1) is 0 Å². The molecule has 0 fully saturated rings. The van der Waals surface area contributed by atoms with Crippen molar-refractivity contribution in [2.75, 3.05) is 7.11 Å². The van der Waals surface area contributed by atoms with Crippen molar-refractivity contribution in [3.63, 3.8) is 0 Å². The van der Waals surface area contributed by atoms with Crippen molar-refractivity contribution in [3.8, 4) is 5.75 Å². The highest BCUT2D eigenvalue weighted by molar-refractivity contribution is 6.30. The predicted molar refractivity (Wildman–Crippen MR) is 58.3 cm³/mol. The van der Waals surface area contributed by atoms with Gasteiger partial charge >= 0.3 is 6.18 Å². The van der Waals surface area contributed by atoms with Crippen LogP contribution in [0.4, 0.5) is 13.2 Å². The van der Waals surface area contributed by atoms with E-state index in [-0.39, 0.29) is 5.75 Å². The molecule has 1 aromatic carbocycles. The fourth-order valence-electron chi connectivity index (χ4n) is 1.42. The second-order valence-corrected chi connectivity index (χ2v) is 3.99. The lowest BCUT2D eigenvalue weighted by atomic mass is 10.0. The van der Waals surface area contributed by atoms with Crippen LogP contribution in [0.3, 0.4) is 0 Å². The first-order valence-electron chi connectivity index (χ1n) is 4.92. The van der Waals surface area contributed by atoms with Gasteiger partial charge in [0.05, 0.1) is 13.2 Å². The van der Waals surface area contributed by atoms with Crippen LogP contribution >= 0.6 is 11.6 Å². The van der Waals surface area contributed by atoms with Crippen LogP contribution in [-0.4, -0.2) is 18.4 Å². The summed E-state index contributed by atoms with van der Waals surface area (Å²) >= 11 is 5.71. The molecule has 0 saturated carbocycles. The second-order valence-electron chi connectivity index (χ2n) is 3.56. The Labute approximate surface area is 102 Å². The molecule has 0 spiro atoms. The lowest BCUT2D eigenvalue weighted by Crippen LogP contribution is -2.10. The third-order valence-electron chi connectivity index (χ3n) is 2.26. The Morgan fingerprint density at radius 2 is 2.06 bits per heavy atom. The topological polar surface area (TPSA) is 29.5 Å². The lowest BCUT2D eigenvalue weighted by molar-refractivity contribution is -0.140. The van der Waals surface area contributed by atoms with Gasteiger partial charge in [0.1, 0.15) is 5.75 Å². The Morgan fingerprint density at radius 3 is 2.59 bits per heavy atom. The number of aliphatic hydroxyl groups excluding tert-OH is 1. The second kappa shape index (κ2) is 5.60. The molecule has 96 valence electrons. The Kier molecular flexibility index (Phi) is 4.65. The van der Waals surface area contributed by atoms with E-state index in [9.17, 15) is 18.3 Å². The Morgan fingerprint density at radius 1 is 1.41 bits per heavy atom. The van der Waals surface area contributed by atoms with Crippen molar-refractivity contribution in [2.45, 2.75) is 25.1 Å². The summed E-state index contributed by atoms with van der Waals surface area (Å²) in [6.45, 7) is 0. The van der Waals surface area contributed by atoms with Crippen LogP contribution in [0.25, 0.3) is 0 Å². The van der Waals surface area contributed by atoms with E-state index in [1.54, 1.807) is 0 Å². The van der Waals surface area contributed by atoms with Gasteiger partial charge in [-0.05, 0) is 18.6 Å². The summed E-state index contributed by atoms with van der Waals surface area (Å²) in [5, 5.41) is 10.1. The van der Waals surface area contributed by atoms with Gasteiger partial charge in [-0.1, -0.05) is 17.7 Å². The first-order chi connectivity index (χ1) is 7.83. The molecule has 0 saturated heterocycles. The Balaban J connectivity index is 2.78. The molecule has 0 radical (unpaired) electrons. The molecule has 17 heavy (non-hydrogen) atoms. The standard InChI is InChI=1S/C11H12ClF3O2/c1-17-10-6-7(12)2-3-8(10)9(16)4-5-11(13,14)15/h2-3,6,9,16H,4-5H2,1H3. The molecular formula is C11H12ClF3O2. The Bertz CT molecular complexity index is 379. The smallest absolute Gasteiger partial charge is 0.389 e. The summed E-state index contributed by atoms with van der Waals surface area (Å²) in [5.41, 5.74) is 0.307. The van der Waals surface area contributed by atoms with Crippen LogP contribution in [0.2, 0.25) is 5.02 Å². The van der Waals surface area contributed by atoms with Crippen LogP contribution in [0.5, 0.6) is 5.75 Å². The molecule has 1 unspecified atom stereocenters. The molecule has 0 bridgehead atoms. The van der Waals surface area contributed by atoms with E-state index in [2.05, 4.69) is 0 Å². The van der Waals surface area contributed by atoms with Gasteiger partial charge in [-0.3, -0.25) is 0 Å². The normalized spacial score (nSPS) is 13.5. The number of ether oxygens (including phenoxy) is 1. The van der Waals surface area contributed by atoms with Gasteiger partial charge in [0.2, 0.25) is 0 Å². The minimum atomic E-state index is -4.28. The molecule has 0 aliphatic heterocycles. The van der Waals surface area contributed by atoms with Gasteiger partial charge in [-0.2, -0.15) is 13.2 Å². The third-order valence-corrected chi connectivity index (χ3v) is 2.49. The van der Waals surface area contributed by atoms with Gasteiger partial charge < -0.3 is 9.84 Å². The first kappa shape index (κ1) is 14.1. The fourth-order valence-corrected chi connectivity index (χ4v) is 1.58. The van der Waals surface area contributed by atoms with Crippen molar-refractivity contribution < 1.29 is 23.0 Å². The summed E-state index contributed by atoms with van der Waals surface area (Å²) in [6, 6.07) is 4.41. The molecule has 0 aromatic heterocycles. The first-order valence-corrected chi connectivity index (χ1v) is 5.29. The number of aliphatic hydroxyl groups is 1. The maximum absolute atomic E-state index is 12.0. The highest BCUT2D eigenvalue weighted by atomic mass is 35.5. The zero-order valence-electron chi connectivity index (χ0n) is 9.09. The molecular weight excluding hydrogens is 257 g/mol. The third kappa shape index (κ3) is 4.44. The number of benzene rings is 1. The number of alkyl halides is 3. The molecule has 0 aliphatic rings. The predicted octanol–water partition coefficient (Wildman–Crippen LogP) is 3.72. The molecule has 0 heterocycles. The number of halogens is 4. The quantitative estimate of drug-likeness (QED) is 0.902. The zero-order chi connectivity index (χ0) is 13.1. The van der Waals surface area contributed by atoms with Gasteiger partial charge in [0.25, 0.3) is 0 Å². The number of methoxy groups -OCH3 is 1. The minimum Gasteiger partial charge on any atom is -0.496 e. The van der Waals surface area contributed by atoms with Crippen LogP contribution in [0.1, 0.15) is 24.5 Å². The average Bonchev–Trinajstić information content (AvgIpc) is 2.24. The average molecular weight is 269 g/mol. The molecule has 1 atom stereocenters. The molecule has 0 aliphatic carbocycles. The summed E-state index contributed by atoms with van der Waals surface area (Å²) in [5.74, 6) is 0.284. The number of hydrogen-bond acceptors (Lipinski definition) is 2. The largest absolute Gasteiger partial charge is 0.496 e. The van der Waals surface area contributed by atoms with Gasteiger partial charge in [-0.25, -0.2) is 0 Å². The molecule has 6 heteroatoms. The molecule has 1 N–H and O–H groups in total. The van der Waals surface area contributed by atoms with E-state index >= 15 is 0 Å². The van der Waals surface area contributed by atoms with Gasteiger partial charge in [0, 0.05) is 17.0 Å². The highest BCUT2D eigenvalue weighted by Gasteiger charge is 2.28. The van der Waals surface area contributed by atoms with Crippen LogP contribution in [0.15, 0.2) is 18.2 Å². The van der Waals surface area contributed by atoms with E-state index in [1.807, 2.05) is 0 Å². The highest BCUT2D eigenvalue weighted by Crippen LogP contribution is 2.33. The zero-order valence-corrected chi connectivity index (χ0v) is 9.85. The lowest BCUT2D eigenvalue weighted by Gasteiger charge is -2.15. The van der Waals surface area contributed by atoms with Crippen LogP contribution < -0.4 is 4.74 Å². The maximum atomic E-state index is 12.0. The summed E-state index contributed by atoms with van der Waals surface area (Å²) in [7, 11) is 1.37. The van der Waals surface area contributed by atoms with Gasteiger partial charge in [0.15, 0.2) is 0 Å². The monoisotopic (exact) mass is 268 g/mol. The van der Waals surface area contributed by atoms with Crippen LogP contribution in [-0.2, 0) is 0 Å². The SMILES string of the molecule is COc1cc(Cl)ccc1C(O)CCC(F)(F)F. The number of rotatable bonds is 4. The van der Waals surface area contributed by atoms with Crippen molar-refractivity contribution in [1.29, 1.82) is 0 Å². The van der Waals surface area contributed by atoms with E-state index in [4.69, 9.17) is 16.3 Å². The van der Waals surface area contributed by atoms with E-state index in [0.29, 0.717) is 10.6 Å². The molecule has 2 nitrogen and oxygen atoms in total. The van der Waals surface area contributed by atoms with Crippen molar-refractivity contribution in [1.82, 2.24) is 0 Å². The number of hydrogen-bond donors (Lipinski definition) is 1. The minimum absolute atomic E-state index is 0.284. The van der Waals surface area contributed by atoms with E-state index < -0.39 is 25.1 Å². The van der Waals surface area contributed by atoms with Crippen molar-refractivity contribution in [2.24, 2.45) is 0 Å². The van der Waals surface area contributed by atoms with Crippen molar-refractivity contribution in [3.05, 3.63) is 28.8 Å². The fraction of sp³-hybridized carbons (Fsp3) is 0.455. The van der Waals surface area contributed by atoms with Crippen LogP contribution in [0, 0.1) is 0 Å². The van der Waals surface area contributed by atoms with E-state index in [0.717, 1.165) is 0 Å². The van der Waals surface area contributed by atoms with Crippen molar-refractivity contribution >= 4 is 11.6 Å². The summed E-state index contributed by atoms with van der Waals surface area (Å²) < 4.78 is 41.0. The summed E-state index contributed by atoms with van der Waals surface area (Å²) in [6.07, 6.45) is -6.94. The van der Waals surface area contributed by atoms with E-state index in [1.165, 1.54) is 25.3 Å². The summed E-state index contributed by atoms with van der Waals surface area (Å²) in [4.78, 5) is 0. The Hall–Kier alpha value is -0.940. The molecule has 1 aromatic rings. The molecule has 0 amide bonds. The maximum Gasteiger partial charge on any atom is 0.389 e.